The molecule has 0 aromatic heterocycles. The smallest absolute Gasteiger partial charge is 0.226 e. The van der Waals surface area contributed by atoms with Crippen LogP contribution >= 0.6 is 11.6 Å². The van der Waals surface area contributed by atoms with Crippen molar-refractivity contribution in [1.29, 1.82) is 0 Å². The summed E-state index contributed by atoms with van der Waals surface area (Å²) in [5.74, 6) is 0.618. The minimum Gasteiger partial charge on any atom is -0.397 e. The van der Waals surface area contributed by atoms with Crippen molar-refractivity contribution in [3.63, 3.8) is 0 Å². The van der Waals surface area contributed by atoms with E-state index in [4.69, 9.17) is 22.1 Å². The summed E-state index contributed by atoms with van der Waals surface area (Å²) in [7, 11) is 0. The zero-order chi connectivity index (χ0) is 14.4. The normalized spacial score (nSPS) is 15.4. The van der Waals surface area contributed by atoms with Crippen LogP contribution in [0.3, 0.4) is 0 Å². The van der Waals surface area contributed by atoms with E-state index in [0.29, 0.717) is 35.3 Å². The molecule has 0 bridgehead atoms. The summed E-state index contributed by atoms with van der Waals surface area (Å²) in [6.07, 6.45) is 5.50. The van der Waals surface area contributed by atoms with E-state index >= 15 is 0 Å². The van der Waals surface area contributed by atoms with E-state index in [1.54, 1.807) is 18.2 Å². The van der Waals surface area contributed by atoms with Crippen molar-refractivity contribution in [2.45, 2.75) is 32.1 Å². The summed E-state index contributed by atoms with van der Waals surface area (Å²) in [5.41, 5.74) is 6.80. The minimum absolute atomic E-state index is 0.0712. The topological polar surface area (TPSA) is 64.3 Å². The number of anilines is 2. The van der Waals surface area contributed by atoms with Crippen molar-refractivity contribution in [1.82, 2.24) is 0 Å². The van der Waals surface area contributed by atoms with Crippen LogP contribution in [0.25, 0.3) is 0 Å². The average molecular weight is 297 g/mol. The quantitative estimate of drug-likeness (QED) is 0.624. The Hall–Kier alpha value is -1.26. The van der Waals surface area contributed by atoms with Gasteiger partial charge in [-0.1, -0.05) is 24.4 Å². The SMILES string of the molecule is Nc1cc(NC(=O)CCOCC2CCCC2)ccc1Cl. The van der Waals surface area contributed by atoms with Crippen LogP contribution in [0.15, 0.2) is 18.2 Å². The molecule has 4 nitrogen and oxygen atoms in total. The third-order valence-electron chi connectivity index (χ3n) is 3.58. The third-order valence-corrected chi connectivity index (χ3v) is 3.93. The number of amides is 1. The van der Waals surface area contributed by atoms with Gasteiger partial charge in [0.15, 0.2) is 0 Å². The Morgan fingerprint density at radius 1 is 1.40 bits per heavy atom. The number of hydrogen-bond acceptors (Lipinski definition) is 3. The fourth-order valence-electron chi connectivity index (χ4n) is 2.44. The summed E-state index contributed by atoms with van der Waals surface area (Å²) < 4.78 is 5.56. The van der Waals surface area contributed by atoms with Crippen LogP contribution in [0.1, 0.15) is 32.1 Å². The zero-order valence-electron chi connectivity index (χ0n) is 11.5. The molecule has 0 unspecified atom stereocenters. The lowest BCUT2D eigenvalue weighted by molar-refractivity contribution is -0.117. The maximum absolute atomic E-state index is 11.7. The Balaban J connectivity index is 1.65. The molecule has 2 rings (SSSR count). The van der Waals surface area contributed by atoms with E-state index in [9.17, 15) is 4.79 Å². The molecule has 1 aliphatic rings. The number of rotatable bonds is 6. The molecule has 5 heteroatoms. The second-order valence-electron chi connectivity index (χ2n) is 5.26. The first-order valence-corrected chi connectivity index (χ1v) is 7.45. The lowest BCUT2D eigenvalue weighted by Gasteiger charge is -2.10. The van der Waals surface area contributed by atoms with Gasteiger partial charge in [-0.3, -0.25) is 4.79 Å². The predicted molar refractivity (Wildman–Crippen MR) is 81.9 cm³/mol. The molecule has 110 valence electrons. The number of nitrogens with two attached hydrogens (primary N) is 1. The first-order valence-electron chi connectivity index (χ1n) is 7.08. The van der Waals surface area contributed by atoms with Gasteiger partial charge in [0, 0.05) is 12.3 Å². The molecule has 20 heavy (non-hydrogen) atoms. The summed E-state index contributed by atoms with van der Waals surface area (Å²) in [4.78, 5) is 11.7. The highest BCUT2D eigenvalue weighted by atomic mass is 35.5. The number of nitrogen functional groups attached to an aromatic ring is 1. The van der Waals surface area contributed by atoms with E-state index in [0.717, 1.165) is 6.61 Å². The molecule has 1 fully saturated rings. The van der Waals surface area contributed by atoms with E-state index in [1.807, 2.05) is 0 Å². The van der Waals surface area contributed by atoms with E-state index in [-0.39, 0.29) is 5.91 Å². The second-order valence-corrected chi connectivity index (χ2v) is 5.67. The van der Waals surface area contributed by atoms with Crippen molar-refractivity contribution in [3.8, 4) is 0 Å². The highest BCUT2D eigenvalue weighted by Crippen LogP contribution is 2.25. The number of nitrogens with one attached hydrogen (secondary N) is 1. The highest BCUT2D eigenvalue weighted by Gasteiger charge is 2.14. The van der Waals surface area contributed by atoms with Gasteiger partial charge in [-0.15, -0.1) is 0 Å². The van der Waals surface area contributed by atoms with E-state index < -0.39 is 0 Å². The molecule has 0 heterocycles. The van der Waals surface area contributed by atoms with Crippen LogP contribution in [0, 0.1) is 5.92 Å². The zero-order valence-corrected chi connectivity index (χ0v) is 12.3. The minimum atomic E-state index is -0.0712. The second kappa shape index (κ2) is 7.50. The number of ether oxygens (including phenoxy) is 1. The van der Waals surface area contributed by atoms with Gasteiger partial charge < -0.3 is 15.8 Å². The van der Waals surface area contributed by atoms with Crippen molar-refractivity contribution in [2.75, 3.05) is 24.3 Å². The van der Waals surface area contributed by atoms with Crippen LogP contribution in [0.2, 0.25) is 5.02 Å². The van der Waals surface area contributed by atoms with Gasteiger partial charge in [0.2, 0.25) is 5.91 Å². The number of benzene rings is 1. The molecule has 0 atom stereocenters. The molecule has 1 amide bonds. The fraction of sp³-hybridized carbons (Fsp3) is 0.533. The fourth-order valence-corrected chi connectivity index (χ4v) is 2.55. The Bertz CT molecular complexity index is 459. The predicted octanol–water partition coefficient (Wildman–Crippen LogP) is 3.46. The number of halogens is 1. The molecule has 3 N–H and O–H groups in total. The molecular weight excluding hydrogens is 276 g/mol. The number of carbonyl (C=O) groups is 1. The largest absolute Gasteiger partial charge is 0.397 e. The van der Waals surface area contributed by atoms with Crippen molar-refractivity contribution in [2.24, 2.45) is 5.92 Å². The first-order chi connectivity index (χ1) is 9.65. The van der Waals surface area contributed by atoms with E-state index in [1.165, 1.54) is 25.7 Å². The standard InChI is InChI=1S/C15H21ClN2O2/c16-13-6-5-12(9-14(13)17)18-15(19)7-8-20-10-11-3-1-2-4-11/h5-6,9,11H,1-4,7-8,10,17H2,(H,18,19). The van der Waals surface area contributed by atoms with Crippen LogP contribution < -0.4 is 11.1 Å². The van der Waals surface area contributed by atoms with Gasteiger partial charge in [-0.05, 0) is 37.0 Å². The van der Waals surface area contributed by atoms with Gasteiger partial charge in [0.05, 0.1) is 23.7 Å². The van der Waals surface area contributed by atoms with Crippen molar-refractivity contribution < 1.29 is 9.53 Å². The van der Waals surface area contributed by atoms with Gasteiger partial charge in [0.25, 0.3) is 0 Å². The van der Waals surface area contributed by atoms with Crippen molar-refractivity contribution in [3.05, 3.63) is 23.2 Å². The monoisotopic (exact) mass is 296 g/mol. The van der Waals surface area contributed by atoms with Crippen molar-refractivity contribution >= 4 is 28.9 Å². The maximum atomic E-state index is 11.7. The summed E-state index contributed by atoms with van der Waals surface area (Å²) in [6, 6.07) is 5.05. The summed E-state index contributed by atoms with van der Waals surface area (Å²) >= 11 is 5.82. The first kappa shape index (κ1) is 15.1. The Morgan fingerprint density at radius 2 is 2.15 bits per heavy atom. The van der Waals surface area contributed by atoms with Gasteiger partial charge in [0.1, 0.15) is 0 Å². The maximum Gasteiger partial charge on any atom is 0.226 e. The van der Waals surface area contributed by atoms with Gasteiger partial charge in [-0.25, -0.2) is 0 Å². The lowest BCUT2D eigenvalue weighted by Crippen LogP contribution is -2.15. The molecule has 0 spiro atoms. The molecule has 1 aromatic carbocycles. The molecule has 0 saturated heterocycles. The van der Waals surface area contributed by atoms with Gasteiger partial charge >= 0.3 is 0 Å². The van der Waals surface area contributed by atoms with Crippen LogP contribution in [0.5, 0.6) is 0 Å². The van der Waals surface area contributed by atoms with Gasteiger partial charge in [-0.2, -0.15) is 0 Å². The molecule has 0 aliphatic heterocycles. The summed E-state index contributed by atoms with van der Waals surface area (Å²) in [6.45, 7) is 1.24. The van der Waals surface area contributed by atoms with E-state index in [2.05, 4.69) is 5.32 Å². The summed E-state index contributed by atoms with van der Waals surface area (Å²) in [5, 5.41) is 3.27. The Labute approximate surface area is 124 Å². The molecule has 1 saturated carbocycles. The Kier molecular flexibility index (Phi) is 5.68. The molecule has 0 radical (unpaired) electrons. The number of hydrogen-bond donors (Lipinski definition) is 2. The van der Waals surface area contributed by atoms with Crippen LogP contribution in [0.4, 0.5) is 11.4 Å². The van der Waals surface area contributed by atoms with Crippen LogP contribution in [-0.2, 0) is 9.53 Å². The van der Waals surface area contributed by atoms with Crippen LogP contribution in [-0.4, -0.2) is 19.1 Å². The molecule has 1 aromatic rings. The molecular formula is C15H21ClN2O2. The molecule has 1 aliphatic carbocycles. The third kappa shape index (κ3) is 4.69. The average Bonchev–Trinajstić information content (AvgIpc) is 2.92. The Morgan fingerprint density at radius 3 is 2.85 bits per heavy atom. The highest BCUT2D eigenvalue weighted by molar-refractivity contribution is 6.33. The number of carbonyl (C=O) groups excluding carboxylic acids is 1. The lowest BCUT2D eigenvalue weighted by atomic mass is 10.1.